The lowest BCUT2D eigenvalue weighted by Crippen LogP contribution is -2.11. The van der Waals surface area contributed by atoms with Crippen molar-refractivity contribution >= 4 is 38.4 Å². The molecule has 0 amide bonds. The van der Waals surface area contributed by atoms with Gasteiger partial charge in [-0.1, -0.05) is 15.9 Å². The molecule has 0 spiro atoms. The molecule has 1 N–H and O–H groups in total. The molecule has 1 unspecified atom stereocenters. The van der Waals surface area contributed by atoms with Crippen molar-refractivity contribution in [3.05, 3.63) is 82.6 Å². The highest BCUT2D eigenvalue weighted by atomic mass is 79.9. The van der Waals surface area contributed by atoms with Crippen molar-refractivity contribution in [2.24, 2.45) is 0 Å². The summed E-state index contributed by atoms with van der Waals surface area (Å²) in [6.45, 7) is 3.89. The van der Waals surface area contributed by atoms with Gasteiger partial charge in [-0.15, -0.1) is 0 Å². The van der Waals surface area contributed by atoms with Crippen LogP contribution in [0.3, 0.4) is 0 Å². The van der Waals surface area contributed by atoms with E-state index in [0.29, 0.717) is 27.5 Å². The summed E-state index contributed by atoms with van der Waals surface area (Å²) in [6, 6.07) is 15.6. The van der Waals surface area contributed by atoms with E-state index in [2.05, 4.69) is 25.6 Å². The van der Waals surface area contributed by atoms with Crippen LogP contribution in [0, 0.1) is 0 Å². The second-order valence-electron chi connectivity index (χ2n) is 6.26. The summed E-state index contributed by atoms with van der Waals surface area (Å²) >= 11 is 3.39. The summed E-state index contributed by atoms with van der Waals surface area (Å²) in [6.07, 6.45) is 3.20. The Kier molecular flexibility index (Phi) is 6.59. The van der Waals surface area contributed by atoms with Crippen LogP contribution < -0.4 is 9.46 Å². The Balaban J connectivity index is 1.84. The van der Waals surface area contributed by atoms with Gasteiger partial charge in [-0.25, -0.2) is 4.21 Å². The standard InChI is InChI=1S/C21H19BrN2O3S/c1-14(2)27-17-4-6-18(7-5-17)28(26)24-20-8-3-16(22)13-19(20)21(25)15-9-11-23-12-10-15/h3-14,24H,1-2H3. The summed E-state index contributed by atoms with van der Waals surface area (Å²) in [5.74, 6) is 0.539. The molecule has 7 heteroatoms. The third-order valence-corrected chi connectivity index (χ3v) is 5.38. The summed E-state index contributed by atoms with van der Waals surface area (Å²) in [5.41, 5.74) is 1.43. The lowest BCUT2D eigenvalue weighted by atomic mass is 10.0. The number of ketones is 1. The van der Waals surface area contributed by atoms with Crippen LogP contribution in [0.15, 0.2) is 76.4 Å². The lowest BCUT2D eigenvalue weighted by Gasteiger charge is -2.13. The molecule has 28 heavy (non-hydrogen) atoms. The number of hydrogen-bond donors (Lipinski definition) is 1. The Morgan fingerprint density at radius 2 is 1.75 bits per heavy atom. The van der Waals surface area contributed by atoms with E-state index in [1.165, 1.54) is 0 Å². The van der Waals surface area contributed by atoms with Crippen LogP contribution in [-0.2, 0) is 11.0 Å². The van der Waals surface area contributed by atoms with Gasteiger partial charge >= 0.3 is 0 Å². The van der Waals surface area contributed by atoms with Crippen LogP contribution in [0.5, 0.6) is 5.75 Å². The number of ether oxygens (including phenoxy) is 1. The van der Waals surface area contributed by atoms with Gasteiger partial charge in [-0.05, 0) is 68.4 Å². The molecule has 0 bridgehead atoms. The highest BCUT2D eigenvalue weighted by molar-refractivity contribution is 9.10. The summed E-state index contributed by atoms with van der Waals surface area (Å²) < 4.78 is 22.1. The average molecular weight is 459 g/mol. The average Bonchev–Trinajstić information content (AvgIpc) is 2.69. The fourth-order valence-corrected chi connectivity index (χ4v) is 3.76. The first-order valence-electron chi connectivity index (χ1n) is 8.63. The number of nitrogens with one attached hydrogen (secondary N) is 1. The minimum absolute atomic E-state index is 0.0685. The number of pyridine rings is 1. The molecule has 3 aromatic rings. The molecule has 0 radical (unpaired) electrons. The number of rotatable bonds is 7. The van der Waals surface area contributed by atoms with Crippen LogP contribution in [-0.4, -0.2) is 21.1 Å². The highest BCUT2D eigenvalue weighted by Gasteiger charge is 2.16. The number of hydrogen-bond acceptors (Lipinski definition) is 4. The Labute approximate surface area is 174 Å². The maximum atomic E-state index is 12.9. The number of benzene rings is 2. The minimum atomic E-state index is -1.53. The van der Waals surface area contributed by atoms with Gasteiger partial charge in [0.05, 0.1) is 16.7 Å². The summed E-state index contributed by atoms with van der Waals surface area (Å²) in [5, 5.41) is 0. The van der Waals surface area contributed by atoms with E-state index in [9.17, 15) is 9.00 Å². The van der Waals surface area contributed by atoms with Crippen molar-refractivity contribution in [1.82, 2.24) is 4.98 Å². The second kappa shape index (κ2) is 9.12. The summed E-state index contributed by atoms with van der Waals surface area (Å²) in [7, 11) is -1.53. The molecule has 0 fully saturated rings. The molecule has 3 rings (SSSR count). The zero-order valence-corrected chi connectivity index (χ0v) is 17.8. The van der Waals surface area contributed by atoms with E-state index < -0.39 is 11.0 Å². The van der Waals surface area contributed by atoms with Gasteiger partial charge in [-0.2, -0.15) is 0 Å². The van der Waals surface area contributed by atoms with Crippen molar-refractivity contribution in [2.45, 2.75) is 24.8 Å². The highest BCUT2D eigenvalue weighted by Crippen LogP contribution is 2.26. The molecule has 0 saturated heterocycles. The number of aromatic nitrogens is 1. The van der Waals surface area contributed by atoms with Gasteiger partial charge < -0.3 is 9.46 Å². The van der Waals surface area contributed by atoms with Gasteiger partial charge in [0.2, 0.25) is 0 Å². The van der Waals surface area contributed by atoms with Crippen LogP contribution >= 0.6 is 15.9 Å². The minimum Gasteiger partial charge on any atom is -0.491 e. The fraction of sp³-hybridized carbons (Fsp3) is 0.143. The number of carbonyl (C=O) groups excluding carboxylic acids is 1. The maximum absolute atomic E-state index is 12.9. The Bertz CT molecular complexity index is 992. The van der Waals surface area contributed by atoms with Gasteiger partial charge in [0.1, 0.15) is 16.7 Å². The Morgan fingerprint density at radius 3 is 2.39 bits per heavy atom. The van der Waals surface area contributed by atoms with E-state index in [-0.39, 0.29) is 11.9 Å². The molecule has 144 valence electrons. The Morgan fingerprint density at radius 1 is 1.07 bits per heavy atom. The largest absolute Gasteiger partial charge is 0.491 e. The SMILES string of the molecule is CC(C)Oc1ccc(S(=O)Nc2ccc(Br)cc2C(=O)c2ccncc2)cc1. The first-order chi connectivity index (χ1) is 13.4. The van der Waals surface area contributed by atoms with E-state index in [1.807, 2.05) is 13.8 Å². The fourth-order valence-electron chi connectivity index (χ4n) is 2.52. The molecule has 0 aliphatic rings. The molecular weight excluding hydrogens is 440 g/mol. The molecule has 0 aliphatic carbocycles. The third-order valence-electron chi connectivity index (χ3n) is 3.78. The predicted molar refractivity (Wildman–Crippen MR) is 114 cm³/mol. The molecule has 1 heterocycles. The quantitative estimate of drug-likeness (QED) is 0.505. The Hall–Kier alpha value is -2.51. The van der Waals surface area contributed by atoms with Crippen molar-refractivity contribution in [1.29, 1.82) is 0 Å². The summed E-state index contributed by atoms with van der Waals surface area (Å²) in [4.78, 5) is 17.4. The number of nitrogens with zero attached hydrogens (tertiary/aromatic N) is 1. The normalized spacial score (nSPS) is 11.9. The van der Waals surface area contributed by atoms with Crippen molar-refractivity contribution in [2.75, 3.05) is 4.72 Å². The van der Waals surface area contributed by atoms with E-state index >= 15 is 0 Å². The zero-order chi connectivity index (χ0) is 20.1. The van der Waals surface area contributed by atoms with Crippen LogP contribution in [0.25, 0.3) is 0 Å². The third kappa shape index (κ3) is 5.05. The molecule has 5 nitrogen and oxygen atoms in total. The van der Waals surface area contributed by atoms with Gasteiger partial charge in [-0.3, -0.25) is 9.78 Å². The first kappa shape index (κ1) is 20.2. The monoisotopic (exact) mass is 458 g/mol. The van der Waals surface area contributed by atoms with Gasteiger partial charge in [0, 0.05) is 28.0 Å². The van der Waals surface area contributed by atoms with Crippen LogP contribution in [0.1, 0.15) is 29.8 Å². The zero-order valence-electron chi connectivity index (χ0n) is 15.4. The number of halogens is 1. The topological polar surface area (TPSA) is 68.3 Å². The van der Waals surface area contributed by atoms with Gasteiger partial charge in [0.15, 0.2) is 5.78 Å². The predicted octanol–water partition coefficient (Wildman–Crippen LogP) is 5.00. The van der Waals surface area contributed by atoms with Crippen molar-refractivity contribution in [3.63, 3.8) is 0 Å². The van der Waals surface area contributed by atoms with Gasteiger partial charge in [0.25, 0.3) is 0 Å². The van der Waals surface area contributed by atoms with Crippen LogP contribution in [0.2, 0.25) is 0 Å². The van der Waals surface area contributed by atoms with E-state index in [1.54, 1.807) is 67.0 Å². The number of anilines is 1. The number of carbonyl (C=O) groups is 1. The molecule has 0 saturated carbocycles. The van der Waals surface area contributed by atoms with E-state index in [4.69, 9.17) is 4.74 Å². The smallest absolute Gasteiger partial charge is 0.195 e. The molecule has 1 atom stereocenters. The second-order valence-corrected chi connectivity index (χ2v) is 8.39. The van der Waals surface area contributed by atoms with Crippen LogP contribution in [0.4, 0.5) is 5.69 Å². The lowest BCUT2D eigenvalue weighted by molar-refractivity contribution is 0.103. The molecule has 1 aromatic heterocycles. The molecular formula is C21H19BrN2O3S. The van der Waals surface area contributed by atoms with E-state index in [0.717, 1.165) is 4.47 Å². The van der Waals surface area contributed by atoms with Crippen molar-refractivity contribution in [3.8, 4) is 5.75 Å². The van der Waals surface area contributed by atoms with Crippen molar-refractivity contribution < 1.29 is 13.7 Å². The molecule has 0 aliphatic heterocycles. The maximum Gasteiger partial charge on any atom is 0.195 e. The molecule has 2 aromatic carbocycles. The first-order valence-corrected chi connectivity index (χ1v) is 10.6.